The van der Waals surface area contributed by atoms with Crippen molar-refractivity contribution in [3.63, 3.8) is 0 Å². The van der Waals surface area contributed by atoms with Gasteiger partial charge in [0.05, 0.1) is 22.8 Å². The molecule has 1 amide bonds. The van der Waals surface area contributed by atoms with Gasteiger partial charge in [0.25, 0.3) is 0 Å². The molecule has 0 saturated heterocycles. The number of nitrogens with two attached hydrogens (primary N) is 2. The van der Waals surface area contributed by atoms with E-state index >= 15 is 0 Å². The number of amidine groups is 1. The second-order valence-corrected chi connectivity index (χ2v) is 10.5. The zero-order valence-corrected chi connectivity index (χ0v) is 21.0. The summed E-state index contributed by atoms with van der Waals surface area (Å²) in [6, 6.07) is 21.4. The number of nitrogens with one attached hydrogen (secondary N) is 1. The molecule has 1 aromatic heterocycles. The van der Waals surface area contributed by atoms with Gasteiger partial charge in [0, 0.05) is 28.9 Å². The molecule has 1 aliphatic heterocycles. The second kappa shape index (κ2) is 9.30. The standard InChI is InChI=1S/C27H26N6O3S/c1-17-13-21(31-33(17)22-6-4-5-20(15-22)27(28)29)16-32-24-11-9-18(14-19(24)10-12-26(32)34)23-7-2-3-8-25(23)37(30,35)36/h2-9,11,13-15H,10,12,16H2,1H3,(H3,28,29)(H2,30,35,36). The molecule has 5 N–H and O–H groups in total. The number of hydrogen-bond donors (Lipinski definition) is 3. The third-order valence-electron chi connectivity index (χ3n) is 6.44. The monoisotopic (exact) mass is 514 g/mol. The lowest BCUT2D eigenvalue weighted by Gasteiger charge is -2.29. The Kier molecular flexibility index (Phi) is 6.14. The van der Waals surface area contributed by atoms with Gasteiger partial charge in [0.2, 0.25) is 15.9 Å². The van der Waals surface area contributed by atoms with E-state index in [1.165, 1.54) is 6.07 Å². The molecule has 0 aliphatic carbocycles. The number of anilines is 1. The lowest BCUT2D eigenvalue weighted by Crippen LogP contribution is -2.34. The minimum Gasteiger partial charge on any atom is -0.384 e. The van der Waals surface area contributed by atoms with Gasteiger partial charge in [-0.25, -0.2) is 18.2 Å². The molecular weight excluding hydrogens is 488 g/mol. The van der Waals surface area contributed by atoms with Crippen molar-refractivity contribution in [3.8, 4) is 16.8 Å². The summed E-state index contributed by atoms with van der Waals surface area (Å²) < 4.78 is 26.0. The zero-order chi connectivity index (χ0) is 26.3. The normalized spacial score (nSPS) is 13.5. The highest BCUT2D eigenvalue weighted by Gasteiger charge is 2.26. The van der Waals surface area contributed by atoms with E-state index < -0.39 is 10.0 Å². The Morgan fingerprint density at radius 1 is 1.03 bits per heavy atom. The quantitative estimate of drug-likeness (QED) is 0.267. The lowest BCUT2D eigenvalue weighted by atomic mass is 9.95. The zero-order valence-electron chi connectivity index (χ0n) is 20.2. The minimum absolute atomic E-state index is 0.00373. The van der Waals surface area contributed by atoms with Crippen LogP contribution in [0, 0.1) is 12.3 Å². The number of aryl methyl sites for hydroxylation is 2. The maximum absolute atomic E-state index is 12.9. The Morgan fingerprint density at radius 2 is 1.81 bits per heavy atom. The molecule has 2 heterocycles. The largest absolute Gasteiger partial charge is 0.384 e. The van der Waals surface area contributed by atoms with Gasteiger partial charge in [-0.15, -0.1) is 0 Å². The van der Waals surface area contributed by atoms with Gasteiger partial charge >= 0.3 is 0 Å². The number of carbonyl (C=O) groups excluding carboxylic acids is 1. The molecule has 10 heteroatoms. The number of sulfonamides is 1. The molecule has 1 aliphatic rings. The fraction of sp³-hybridized carbons (Fsp3) is 0.148. The average Bonchev–Trinajstić information content (AvgIpc) is 3.25. The highest BCUT2D eigenvalue weighted by atomic mass is 32.2. The Labute approximate surface area is 214 Å². The van der Waals surface area contributed by atoms with Crippen LogP contribution in [0.2, 0.25) is 0 Å². The number of rotatable bonds is 6. The minimum atomic E-state index is -3.89. The van der Waals surface area contributed by atoms with Gasteiger partial charge in [-0.3, -0.25) is 10.2 Å². The van der Waals surface area contributed by atoms with Crippen LogP contribution in [0.1, 0.15) is 28.9 Å². The number of aromatic nitrogens is 2. The SMILES string of the molecule is Cc1cc(CN2C(=O)CCc3cc(-c4ccccc4S(N)(=O)=O)ccc32)nn1-c1cccc(C(=N)N)c1. The molecule has 9 nitrogen and oxygen atoms in total. The number of fused-ring (bicyclic) bond motifs is 1. The summed E-state index contributed by atoms with van der Waals surface area (Å²) in [5.41, 5.74) is 11.6. The van der Waals surface area contributed by atoms with Gasteiger partial charge in [-0.05, 0) is 60.9 Å². The fourth-order valence-corrected chi connectivity index (χ4v) is 5.46. The summed E-state index contributed by atoms with van der Waals surface area (Å²) in [5, 5.41) is 17.8. The molecule has 0 atom stereocenters. The Morgan fingerprint density at radius 3 is 2.57 bits per heavy atom. The Bertz CT molecular complexity index is 1660. The van der Waals surface area contributed by atoms with E-state index in [1.54, 1.807) is 39.9 Å². The summed E-state index contributed by atoms with van der Waals surface area (Å²) in [4.78, 5) is 14.7. The molecule has 4 aromatic rings. The summed E-state index contributed by atoms with van der Waals surface area (Å²) in [6.07, 6.45) is 0.898. The van der Waals surface area contributed by atoms with Crippen molar-refractivity contribution in [2.75, 3.05) is 4.90 Å². The first kappa shape index (κ1) is 24.4. The predicted octanol–water partition coefficient (Wildman–Crippen LogP) is 3.26. The molecule has 0 radical (unpaired) electrons. The molecule has 0 spiro atoms. The average molecular weight is 515 g/mol. The van der Waals surface area contributed by atoms with E-state index in [0.717, 1.165) is 33.9 Å². The topological polar surface area (TPSA) is 148 Å². The van der Waals surface area contributed by atoms with Crippen molar-refractivity contribution in [3.05, 3.63) is 95.3 Å². The van der Waals surface area contributed by atoms with E-state index in [0.29, 0.717) is 30.5 Å². The van der Waals surface area contributed by atoms with Crippen LogP contribution in [-0.4, -0.2) is 29.9 Å². The Hall–Kier alpha value is -4.28. The maximum atomic E-state index is 12.9. The van der Waals surface area contributed by atoms with Gasteiger partial charge < -0.3 is 10.6 Å². The van der Waals surface area contributed by atoms with Crippen LogP contribution >= 0.6 is 0 Å². The van der Waals surface area contributed by atoms with Crippen molar-refractivity contribution in [2.24, 2.45) is 10.9 Å². The smallest absolute Gasteiger partial charge is 0.238 e. The van der Waals surface area contributed by atoms with Crippen LogP contribution in [0.15, 0.2) is 77.7 Å². The maximum Gasteiger partial charge on any atom is 0.238 e. The van der Waals surface area contributed by atoms with Crippen molar-refractivity contribution in [2.45, 2.75) is 31.2 Å². The second-order valence-electron chi connectivity index (χ2n) is 9.02. The Balaban J connectivity index is 1.47. The predicted molar refractivity (Wildman–Crippen MR) is 142 cm³/mol. The summed E-state index contributed by atoms with van der Waals surface area (Å²) in [7, 11) is -3.89. The lowest BCUT2D eigenvalue weighted by molar-refractivity contribution is -0.119. The molecule has 0 fully saturated rings. The molecule has 0 unspecified atom stereocenters. The van der Waals surface area contributed by atoms with Gasteiger partial charge in [0.15, 0.2) is 0 Å². The van der Waals surface area contributed by atoms with Crippen LogP contribution < -0.4 is 15.8 Å². The van der Waals surface area contributed by atoms with Crippen molar-refractivity contribution < 1.29 is 13.2 Å². The van der Waals surface area contributed by atoms with E-state index in [9.17, 15) is 13.2 Å². The highest BCUT2D eigenvalue weighted by molar-refractivity contribution is 7.89. The number of carbonyl (C=O) groups is 1. The van der Waals surface area contributed by atoms with E-state index in [1.807, 2.05) is 43.3 Å². The van der Waals surface area contributed by atoms with Gasteiger partial charge in [-0.2, -0.15) is 5.10 Å². The number of amides is 1. The third-order valence-corrected chi connectivity index (χ3v) is 7.41. The molecule has 188 valence electrons. The summed E-state index contributed by atoms with van der Waals surface area (Å²) in [5.74, 6) is -0.0237. The number of nitrogens with zero attached hydrogens (tertiary/aromatic N) is 3. The van der Waals surface area contributed by atoms with Crippen LogP contribution in [0.25, 0.3) is 16.8 Å². The number of nitrogen functional groups attached to an aromatic ring is 1. The molecule has 0 bridgehead atoms. The highest BCUT2D eigenvalue weighted by Crippen LogP contribution is 2.35. The van der Waals surface area contributed by atoms with E-state index in [2.05, 4.69) is 0 Å². The first-order valence-electron chi connectivity index (χ1n) is 11.7. The van der Waals surface area contributed by atoms with Crippen molar-refractivity contribution in [1.29, 1.82) is 5.41 Å². The number of hydrogen-bond acceptors (Lipinski definition) is 5. The third kappa shape index (κ3) is 4.76. The van der Waals surface area contributed by atoms with Crippen LogP contribution in [0.5, 0.6) is 0 Å². The van der Waals surface area contributed by atoms with Gasteiger partial charge in [0.1, 0.15) is 5.84 Å². The molecular formula is C27H26N6O3S. The number of benzene rings is 3. The fourth-order valence-electron chi connectivity index (χ4n) is 4.70. The number of primary sulfonamides is 1. The van der Waals surface area contributed by atoms with E-state index in [4.69, 9.17) is 21.4 Å². The van der Waals surface area contributed by atoms with Crippen LogP contribution in [0.4, 0.5) is 5.69 Å². The molecule has 0 saturated carbocycles. The molecule has 3 aromatic carbocycles. The van der Waals surface area contributed by atoms with E-state index in [-0.39, 0.29) is 16.6 Å². The van der Waals surface area contributed by atoms with Crippen LogP contribution in [0.3, 0.4) is 0 Å². The van der Waals surface area contributed by atoms with Crippen molar-refractivity contribution in [1.82, 2.24) is 9.78 Å². The summed E-state index contributed by atoms with van der Waals surface area (Å²) in [6.45, 7) is 2.22. The van der Waals surface area contributed by atoms with Crippen LogP contribution in [-0.2, 0) is 27.8 Å². The molecule has 5 rings (SSSR count). The first-order chi connectivity index (χ1) is 17.6. The first-order valence-corrected chi connectivity index (χ1v) is 13.2. The molecule has 37 heavy (non-hydrogen) atoms. The van der Waals surface area contributed by atoms with Gasteiger partial charge in [-0.1, -0.05) is 36.4 Å². The summed E-state index contributed by atoms with van der Waals surface area (Å²) >= 11 is 0. The van der Waals surface area contributed by atoms with Crippen molar-refractivity contribution >= 4 is 27.5 Å².